The Morgan fingerprint density at radius 2 is 1.62 bits per heavy atom. The Morgan fingerprint density at radius 1 is 1.00 bits per heavy atom. The Morgan fingerprint density at radius 3 is 2.12 bits per heavy atom. The van der Waals surface area contributed by atoms with Crippen LogP contribution in [0.25, 0.3) is 0 Å². The lowest BCUT2D eigenvalue weighted by molar-refractivity contribution is -0.137. The van der Waals surface area contributed by atoms with Gasteiger partial charge < -0.3 is 4.90 Å². The van der Waals surface area contributed by atoms with E-state index in [1.165, 1.54) is 12.1 Å². The number of hydrogen-bond acceptors (Lipinski definition) is 2. The van der Waals surface area contributed by atoms with Crippen molar-refractivity contribution in [3.63, 3.8) is 0 Å². The van der Waals surface area contributed by atoms with Gasteiger partial charge >= 0.3 is 6.18 Å². The van der Waals surface area contributed by atoms with Crippen LogP contribution in [0.4, 0.5) is 27.6 Å². The maximum absolute atomic E-state index is 13.5. The van der Waals surface area contributed by atoms with Crippen LogP contribution in [0, 0.1) is 11.3 Å². The van der Waals surface area contributed by atoms with Crippen molar-refractivity contribution in [1.29, 1.82) is 5.26 Å². The Kier molecular flexibility index (Phi) is 4.86. The van der Waals surface area contributed by atoms with Gasteiger partial charge in [0, 0.05) is 18.2 Å². The molecule has 1 fully saturated rings. The summed E-state index contributed by atoms with van der Waals surface area (Å²) in [6.45, 7) is 0.284. The summed E-state index contributed by atoms with van der Waals surface area (Å²) < 4.78 is 65.0. The topological polar surface area (TPSA) is 27.0 Å². The zero-order valence-corrected chi connectivity index (χ0v) is 13.5. The molecule has 3 rings (SSSR count). The first-order valence-electron chi connectivity index (χ1n) is 8.01. The van der Waals surface area contributed by atoms with E-state index in [-0.39, 0.29) is 18.9 Å². The van der Waals surface area contributed by atoms with Crippen molar-refractivity contribution >= 4 is 5.69 Å². The van der Waals surface area contributed by atoms with Crippen molar-refractivity contribution in [2.24, 2.45) is 0 Å². The van der Waals surface area contributed by atoms with Crippen molar-refractivity contribution in [3.05, 3.63) is 65.2 Å². The van der Waals surface area contributed by atoms with E-state index in [1.807, 2.05) is 6.07 Å². The maximum atomic E-state index is 13.5. The third kappa shape index (κ3) is 3.64. The number of benzene rings is 2. The van der Waals surface area contributed by atoms with Crippen molar-refractivity contribution in [2.45, 2.75) is 31.0 Å². The van der Waals surface area contributed by atoms with Crippen molar-refractivity contribution in [1.82, 2.24) is 0 Å². The number of hydrogen-bond donors (Lipinski definition) is 0. The fraction of sp³-hybridized carbons (Fsp3) is 0.316. The minimum Gasteiger partial charge on any atom is -0.362 e. The van der Waals surface area contributed by atoms with Gasteiger partial charge in [-0.2, -0.15) is 18.4 Å². The highest BCUT2D eigenvalue weighted by Gasteiger charge is 2.39. The second-order valence-corrected chi connectivity index (χ2v) is 6.27. The van der Waals surface area contributed by atoms with Gasteiger partial charge in [0.2, 0.25) is 0 Å². The summed E-state index contributed by atoms with van der Waals surface area (Å²) in [5.74, 6) is -0.285. The average molecular weight is 366 g/mol. The number of alkyl halides is 5. The van der Waals surface area contributed by atoms with Gasteiger partial charge in [0.25, 0.3) is 6.43 Å². The molecule has 0 aromatic heterocycles. The monoisotopic (exact) mass is 366 g/mol. The van der Waals surface area contributed by atoms with Crippen LogP contribution in [0.2, 0.25) is 0 Å². The largest absolute Gasteiger partial charge is 0.416 e. The molecule has 7 heteroatoms. The van der Waals surface area contributed by atoms with Crippen LogP contribution in [0.15, 0.2) is 48.5 Å². The highest BCUT2D eigenvalue weighted by atomic mass is 19.4. The fourth-order valence-electron chi connectivity index (χ4n) is 3.32. The highest BCUT2D eigenvalue weighted by Crippen LogP contribution is 2.38. The van der Waals surface area contributed by atoms with Crippen molar-refractivity contribution in [2.75, 3.05) is 11.4 Å². The molecule has 0 spiro atoms. The molecule has 1 aliphatic heterocycles. The predicted octanol–water partition coefficient (Wildman–Crippen LogP) is 5.20. The van der Waals surface area contributed by atoms with Crippen LogP contribution < -0.4 is 4.90 Å². The average Bonchev–Trinajstić information content (AvgIpc) is 3.07. The lowest BCUT2D eigenvalue weighted by atomic mass is 9.95. The number of halogens is 5. The molecular weight excluding hydrogens is 351 g/mol. The Hall–Kier alpha value is -2.62. The quantitative estimate of drug-likeness (QED) is 0.698. The first kappa shape index (κ1) is 18.2. The minimum absolute atomic E-state index is 0.156. The molecule has 1 saturated heterocycles. The highest BCUT2D eigenvalue weighted by molar-refractivity contribution is 5.52. The van der Waals surface area contributed by atoms with Gasteiger partial charge in [-0.3, -0.25) is 0 Å². The Labute approximate surface area is 147 Å². The van der Waals surface area contributed by atoms with Gasteiger partial charge in [0.1, 0.15) is 0 Å². The molecule has 2 atom stereocenters. The lowest BCUT2D eigenvalue weighted by Gasteiger charge is -2.26. The van der Waals surface area contributed by atoms with Gasteiger partial charge in [-0.05, 0) is 48.4 Å². The SMILES string of the molecule is N#Cc1ccc(N2CC(c3ccc(C(F)(F)F)cc3)C[C@H]2C(F)F)cc1. The Bertz CT molecular complexity index is 791. The number of rotatable bonds is 3. The molecule has 2 aromatic carbocycles. The molecule has 136 valence electrons. The first-order valence-corrected chi connectivity index (χ1v) is 8.01. The van der Waals surface area contributed by atoms with Crippen LogP contribution in [0.3, 0.4) is 0 Å². The number of nitriles is 1. The molecule has 0 saturated carbocycles. The molecule has 26 heavy (non-hydrogen) atoms. The van der Waals surface area contributed by atoms with Crippen LogP contribution in [-0.2, 0) is 6.18 Å². The standard InChI is InChI=1S/C19H15F5N2/c20-18(21)17-9-14(13-3-5-15(6-4-13)19(22,23)24)11-26(17)16-7-1-12(10-25)2-8-16/h1-8,14,17-18H,9,11H2/t14?,17-/m0/s1. The summed E-state index contributed by atoms with van der Waals surface area (Å²) in [6, 6.07) is 12.0. The summed E-state index contributed by atoms with van der Waals surface area (Å²) in [6.07, 6.45) is -6.85. The zero-order chi connectivity index (χ0) is 18.9. The Balaban J connectivity index is 1.83. The van der Waals surface area contributed by atoms with Crippen LogP contribution in [-0.4, -0.2) is 19.0 Å². The molecule has 1 heterocycles. The molecular formula is C19H15F5N2. The first-order chi connectivity index (χ1) is 12.3. The van der Waals surface area contributed by atoms with E-state index in [1.54, 1.807) is 29.2 Å². The molecule has 0 aliphatic carbocycles. The number of anilines is 1. The summed E-state index contributed by atoms with van der Waals surface area (Å²) in [5, 5.41) is 8.84. The van der Waals surface area contributed by atoms with Gasteiger partial charge in [-0.25, -0.2) is 8.78 Å². The van der Waals surface area contributed by atoms with E-state index < -0.39 is 24.2 Å². The van der Waals surface area contributed by atoms with E-state index in [2.05, 4.69) is 0 Å². The molecule has 0 amide bonds. The molecule has 0 radical (unpaired) electrons. The molecule has 0 bridgehead atoms. The summed E-state index contributed by atoms with van der Waals surface area (Å²) in [5.41, 5.74) is 0.859. The van der Waals surface area contributed by atoms with E-state index in [9.17, 15) is 22.0 Å². The molecule has 1 aliphatic rings. The van der Waals surface area contributed by atoms with E-state index >= 15 is 0 Å². The van der Waals surface area contributed by atoms with Crippen LogP contribution in [0.5, 0.6) is 0 Å². The van der Waals surface area contributed by atoms with E-state index in [0.29, 0.717) is 16.8 Å². The summed E-state index contributed by atoms with van der Waals surface area (Å²) >= 11 is 0. The van der Waals surface area contributed by atoms with Crippen molar-refractivity contribution in [3.8, 4) is 6.07 Å². The summed E-state index contributed by atoms with van der Waals surface area (Å²) in [7, 11) is 0. The molecule has 2 aromatic rings. The molecule has 0 N–H and O–H groups in total. The minimum atomic E-state index is -4.42. The third-order valence-corrected chi connectivity index (χ3v) is 4.67. The van der Waals surface area contributed by atoms with E-state index in [4.69, 9.17) is 5.26 Å². The number of nitrogens with zero attached hydrogens (tertiary/aromatic N) is 2. The maximum Gasteiger partial charge on any atom is 0.416 e. The fourth-order valence-corrected chi connectivity index (χ4v) is 3.32. The van der Waals surface area contributed by atoms with Crippen molar-refractivity contribution < 1.29 is 22.0 Å². The third-order valence-electron chi connectivity index (χ3n) is 4.67. The second-order valence-electron chi connectivity index (χ2n) is 6.27. The lowest BCUT2D eigenvalue weighted by Crippen LogP contribution is -2.34. The van der Waals surface area contributed by atoms with Gasteiger partial charge in [-0.15, -0.1) is 0 Å². The van der Waals surface area contributed by atoms with Gasteiger partial charge in [-0.1, -0.05) is 12.1 Å². The van der Waals surface area contributed by atoms with Crippen LogP contribution >= 0.6 is 0 Å². The van der Waals surface area contributed by atoms with Crippen LogP contribution in [0.1, 0.15) is 29.0 Å². The smallest absolute Gasteiger partial charge is 0.362 e. The summed E-state index contributed by atoms with van der Waals surface area (Å²) in [4.78, 5) is 1.56. The normalized spacial score (nSPS) is 20.4. The molecule has 2 nitrogen and oxygen atoms in total. The van der Waals surface area contributed by atoms with E-state index in [0.717, 1.165) is 12.1 Å². The van der Waals surface area contributed by atoms with Gasteiger partial charge in [0.05, 0.1) is 23.2 Å². The van der Waals surface area contributed by atoms with Gasteiger partial charge in [0.15, 0.2) is 0 Å². The zero-order valence-electron chi connectivity index (χ0n) is 13.5. The molecule has 1 unspecified atom stereocenters. The predicted molar refractivity (Wildman–Crippen MR) is 87.1 cm³/mol. The second kappa shape index (κ2) is 6.94.